The van der Waals surface area contributed by atoms with E-state index < -0.39 is 0 Å². The molecule has 0 aliphatic heterocycles. The van der Waals surface area contributed by atoms with E-state index >= 15 is 0 Å². The summed E-state index contributed by atoms with van der Waals surface area (Å²) in [7, 11) is 2.21. The molecule has 3 aliphatic rings. The SMILES string of the molecule is Cc1ccc2c3c1-c1cc(cc[n+]1C)CCCC1CCCC(C1)c1cccc-2c1C3. The van der Waals surface area contributed by atoms with E-state index in [1.807, 2.05) is 0 Å². The van der Waals surface area contributed by atoms with Gasteiger partial charge in [0.15, 0.2) is 6.20 Å². The lowest BCUT2D eigenvalue weighted by Crippen LogP contribution is -2.31. The van der Waals surface area contributed by atoms with E-state index in [4.69, 9.17) is 0 Å². The molecule has 1 aromatic heterocycles. The van der Waals surface area contributed by atoms with E-state index in [-0.39, 0.29) is 0 Å². The van der Waals surface area contributed by atoms with E-state index in [0.29, 0.717) is 0 Å². The first-order chi connectivity index (χ1) is 14.7. The Morgan fingerprint density at radius 3 is 2.70 bits per heavy atom. The van der Waals surface area contributed by atoms with Gasteiger partial charge >= 0.3 is 0 Å². The van der Waals surface area contributed by atoms with Gasteiger partial charge in [0.1, 0.15) is 7.05 Å². The standard InChI is InChI=1S/C29H32N/c1-19-12-13-25-24-11-5-10-23-22-9-4-8-20(16-22)6-3-7-21-14-15-30(2)28(17-21)29(19)27(25)18-26(23)24/h5,10-15,17,20,22H,3-4,6-9,16,18H2,1-2H3/q+1. The Kier molecular flexibility index (Phi) is 4.33. The zero-order valence-electron chi connectivity index (χ0n) is 18.4. The van der Waals surface area contributed by atoms with Crippen LogP contribution in [0.4, 0.5) is 0 Å². The summed E-state index contributed by atoms with van der Waals surface area (Å²) in [6.45, 7) is 2.29. The number of rotatable bonds is 0. The third kappa shape index (κ3) is 2.86. The largest absolute Gasteiger partial charge is 0.213 e. The molecule has 0 radical (unpaired) electrons. The first-order valence-corrected chi connectivity index (χ1v) is 11.9. The summed E-state index contributed by atoms with van der Waals surface area (Å²) in [5, 5.41) is 0. The maximum Gasteiger partial charge on any atom is 0.213 e. The van der Waals surface area contributed by atoms with Crippen molar-refractivity contribution in [3.05, 3.63) is 76.5 Å². The van der Waals surface area contributed by atoms with Crippen LogP contribution in [-0.4, -0.2) is 0 Å². The molecule has 0 saturated heterocycles. The minimum absolute atomic E-state index is 0.759. The molecule has 3 aliphatic carbocycles. The summed E-state index contributed by atoms with van der Waals surface area (Å²) in [5.41, 5.74) is 13.6. The average Bonchev–Trinajstić information content (AvgIpc) is 3.13. The van der Waals surface area contributed by atoms with Gasteiger partial charge in [-0.15, -0.1) is 0 Å². The normalized spacial score (nSPS) is 21.9. The highest BCUT2D eigenvalue weighted by molar-refractivity contribution is 5.85. The number of nitrogens with zero attached hydrogens (tertiary/aromatic N) is 1. The second-order valence-electron chi connectivity index (χ2n) is 9.99. The summed E-state index contributed by atoms with van der Waals surface area (Å²) in [6.07, 6.45) is 12.9. The van der Waals surface area contributed by atoms with Gasteiger partial charge in [0.25, 0.3) is 0 Å². The van der Waals surface area contributed by atoms with Gasteiger partial charge < -0.3 is 0 Å². The Labute approximate surface area is 180 Å². The van der Waals surface area contributed by atoms with E-state index in [2.05, 4.69) is 67.2 Å². The molecule has 152 valence electrons. The fourth-order valence-corrected chi connectivity index (χ4v) is 6.62. The minimum Gasteiger partial charge on any atom is -0.201 e. The summed E-state index contributed by atoms with van der Waals surface area (Å²) >= 11 is 0. The Morgan fingerprint density at radius 2 is 1.77 bits per heavy atom. The molecule has 6 bridgehead atoms. The molecule has 1 heteroatoms. The van der Waals surface area contributed by atoms with Crippen molar-refractivity contribution >= 4 is 0 Å². The molecule has 1 heterocycles. The number of hydrogen-bond donors (Lipinski definition) is 0. The van der Waals surface area contributed by atoms with E-state index in [0.717, 1.165) is 18.3 Å². The Hall–Kier alpha value is -2.41. The van der Waals surface area contributed by atoms with Gasteiger partial charge in [0, 0.05) is 12.1 Å². The van der Waals surface area contributed by atoms with Crippen LogP contribution in [0.3, 0.4) is 0 Å². The third-order valence-electron chi connectivity index (χ3n) is 8.15. The van der Waals surface area contributed by atoms with Gasteiger partial charge in [-0.2, -0.15) is 0 Å². The Morgan fingerprint density at radius 1 is 0.900 bits per heavy atom. The van der Waals surface area contributed by atoms with Crippen molar-refractivity contribution in [3.8, 4) is 22.4 Å². The molecule has 1 fully saturated rings. The molecule has 0 N–H and O–H groups in total. The highest BCUT2D eigenvalue weighted by atomic mass is 14.9. The minimum atomic E-state index is 0.759. The van der Waals surface area contributed by atoms with Gasteiger partial charge in [0.05, 0.1) is 5.56 Å². The van der Waals surface area contributed by atoms with Gasteiger partial charge in [-0.25, -0.2) is 4.57 Å². The molecule has 6 rings (SSSR count). The van der Waals surface area contributed by atoms with E-state index in [1.54, 1.807) is 16.7 Å². The molecule has 0 amide bonds. The summed E-state index contributed by atoms with van der Waals surface area (Å²) < 4.78 is 2.33. The van der Waals surface area contributed by atoms with Gasteiger partial charge in [-0.3, -0.25) is 0 Å². The third-order valence-corrected chi connectivity index (χ3v) is 8.15. The smallest absolute Gasteiger partial charge is 0.201 e. The second kappa shape index (κ2) is 7.08. The van der Waals surface area contributed by atoms with Crippen molar-refractivity contribution in [2.45, 2.75) is 64.2 Å². The van der Waals surface area contributed by atoms with Crippen LogP contribution in [0, 0.1) is 12.8 Å². The molecule has 1 saturated carbocycles. The lowest BCUT2D eigenvalue weighted by Gasteiger charge is -2.31. The highest BCUT2D eigenvalue weighted by Gasteiger charge is 2.31. The Balaban J connectivity index is 1.60. The molecule has 1 nitrogen and oxygen atoms in total. The van der Waals surface area contributed by atoms with Crippen LogP contribution >= 0.6 is 0 Å². The van der Waals surface area contributed by atoms with Crippen LogP contribution in [0.5, 0.6) is 0 Å². The van der Waals surface area contributed by atoms with Crippen molar-refractivity contribution in [1.82, 2.24) is 0 Å². The predicted molar refractivity (Wildman–Crippen MR) is 124 cm³/mol. The van der Waals surface area contributed by atoms with Crippen LogP contribution in [0.1, 0.15) is 72.3 Å². The molecule has 30 heavy (non-hydrogen) atoms. The van der Waals surface area contributed by atoms with Gasteiger partial charge in [-0.05, 0) is 89.8 Å². The molecule has 3 aromatic rings. The van der Waals surface area contributed by atoms with E-state index in [9.17, 15) is 0 Å². The monoisotopic (exact) mass is 394 g/mol. The van der Waals surface area contributed by atoms with Crippen LogP contribution in [-0.2, 0) is 19.9 Å². The fraction of sp³-hybridized carbons (Fsp3) is 0.414. The maximum absolute atomic E-state index is 2.47. The molecule has 2 aromatic carbocycles. The van der Waals surface area contributed by atoms with Crippen molar-refractivity contribution in [2.24, 2.45) is 13.0 Å². The number of hydrogen-bond acceptors (Lipinski definition) is 0. The number of fused-ring (bicyclic) bond motifs is 7. The molecular formula is C29H32N+. The predicted octanol–water partition coefficient (Wildman–Crippen LogP) is 6.67. The second-order valence-corrected chi connectivity index (χ2v) is 9.99. The van der Waals surface area contributed by atoms with E-state index in [1.165, 1.54) is 78.5 Å². The van der Waals surface area contributed by atoms with Crippen molar-refractivity contribution in [2.75, 3.05) is 0 Å². The van der Waals surface area contributed by atoms with Gasteiger partial charge in [0.2, 0.25) is 5.69 Å². The van der Waals surface area contributed by atoms with Crippen molar-refractivity contribution in [3.63, 3.8) is 0 Å². The van der Waals surface area contributed by atoms with Crippen LogP contribution in [0.2, 0.25) is 0 Å². The zero-order chi connectivity index (χ0) is 20.2. The maximum atomic E-state index is 2.47. The summed E-state index contributed by atoms with van der Waals surface area (Å²) in [5.74, 6) is 1.66. The Bertz CT molecular complexity index is 1140. The number of benzene rings is 2. The topological polar surface area (TPSA) is 3.88 Å². The zero-order valence-corrected chi connectivity index (χ0v) is 18.4. The lowest BCUT2D eigenvalue weighted by atomic mass is 9.74. The van der Waals surface area contributed by atoms with Crippen LogP contribution in [0.15, 0.2) is 48.7 Å². The summed E-state index contributed by atoms with van der Waals surface area (Å²) in [4.78, 5) is 0. The summed E-state index contributed by atoms with van der Waals surface area (Å²) in [6, 6.07) is 16.7. The number of pyridine rings is 1. The van der Waals surface area contributed by atoms with Crippen LogP contribution in [0.25, 0.3) is 22.4 Å². The fourth-order valence-electron chi connectivity index (χ4n) is 6.62. The van der Waals surface area contributed by atoms with Crippen molar-refractivity contribution < 1.29 is 4.57 Å². The highest BCUT2D eigenvalue weighted by Crippen LogP contribution is 2.48. The molecule has 0 spiro atoms. The number of aromatic nitrogens is 1. The average molecular weight is 395 g/mol. The molecule has 2 unspecified atom stereocenters. The van der Waals surface area contributed by atoms with Crippen LogP contribution < -0.4 is 4.57 Å². The molecule has 2 atom stereocenters. The first-order valence-electron chi connectivity index (χ1n) is 11.9. The van der Waals surface area contributed by atoms with Gasteiger partial charge in [-0.1, -0.05) is 49.6 Å². The first kappa shape index (κ1) is 18.4. The van der Waals surface area contributed by atoms with Crippen molar-refractivity contribution in [1.29, 1.82) is 0 Å². The quantitative estimate of drug-likeness (QED) is 0.293. The number of aryl methyl sites for hydroxylation is 3. The molecular weight excluding hydrogens is 362 g/mol. The lowest BCUT2D eigenvalue weighted by molar-refractivity contribution is -0.660.